The molecule has 2 N–H and O–H groups in total. The first-order chi connectivity index (χ1) is 19.0. The zero-order valence-corrected chi connectivity index (χ0v) is 22.8. The Morgan fingerprint density at radius 1 is 0.923 bits per heavy atom. The highest BCUT2D eigenvalue weighted by molar-refractivity contribution is 5.92. The molecule has 3 amide bonds. The minimum absolute atomic E-state index is 0.0705. The van der Waals surface area contributed by atoms with E-state index in [4.69, 9.17) is 9.47 Å². The summed E-state index contributed by atoms with van der Waals surface area (Å²) in [6, 6.07) is 23.1. The fourth-order valence-electron chi connectivity index (χ4n) is 4.42. The van der Waals surface area contributed by atoms with Gasteiger partial charge in [0, 0.05) is 55.6 Å². The van der Waals surface area contributed by atoms with E-state index in [1.54, 1.807) is 38.5 Å². The van der Waals surface area contributed by atoms with Crippen LogP contribution in [0.2, 0.25) is 0 Å². The second kappa shape index (κ2) is 13.5. The normalized spacial score (nSPS) is 10.8. The molecule has 8 nitrogen and oxygen atoms in total. The predicted octanol–water partition coefficient (Wildman–Crippen LogP) is 5.24. The number of urea groups is 1. The molecule has 0 aliphatic rings. The molecule has 0 bridgehead atoms. The van der Waals surface area contributed by atoms with Gasteiger partial charge in [-0.15, -0.1) is 0 Å². The van der Waals surface area contributed by atoms with Crippen molar-refractivity contribution in [3.05, 3.63) is 95.7 Å². The standard InChI is InChI=1S/C31H36N4O4/c1-23-11-13-24(14-12-23)21-34(16-15-25-20-32-29-10-5-4-9-28(25)29)30(36)22-35(17-18-38-2)31(37)33-26-7-6-8-27(19-26)39-3/h4-14,19-20,32H,15-18,21-22H2,1-3H3,(H,33,37). The van der Waals surface area contributed by atoms with E-state index in [-0.39, 0.29) is 25.0 Å². The Bertz CT molecular complexity index is 1380. The van der Waals surface area contributed by atoms with Crippen molar-refractivity contribution < 1.29 is 19.1 Å². The van der Waals surface area contributed by atoms with Gasteiger partial charge in [-0.1, -0.05) is 54.1 Å². The number of nitrogens with zero attached hydrogens (tertiary/aromatic N) is 2. The monoisotopic (exact) mass is 528 g/mol. The zero-order valence-electron chi connectivity index (χ0n) is 22.8. The van der Waals surface area contributed by atoms with Crippen LogP contribution in [0, 0.1) is 6.92 Å². The van der Waals surface area contributed by atoms with E-state index in [1.807, 2.05) is 60.5 Å². The number of amides is 3. The Kier molecular flexibility index (Phi) is 9.58. The number of aromatic amines is 1. The van der Waals surface area contributed by atoms with Crippen LogP contribution in [0.15, 0.2) is 79.0 Å². The van der Waals surface area contributed by atoms with E-state index < -0.39 is 0 Å². The summed E-state index contributed by atoms with van der Waals surface area (Å²) < 4.78 is 10.5. The Morgan fingerprint density at radius 3 is 2.49 bits per heavy atom. The van der Waals surface area contributed by atoms with Gasteiger partial charge in [-0.05, 0) is 42.7 Å². The van der Waals surface area contributed by atoms with Crippen LogP contribution >= 0.6 is 0 Å². The molecular weight excluding hydrogens is 492 g/mol. The van der Waals surface area contributed by atoms with Crippen molar-refractivity contribution in [3.8, 4) is 5.75 Å². The lowest BCUT2D eigenvalue weighted by Crippen LogP contribution is -2.46. The topological polar surface area (TPSA) is 86.9 Å². The van der Waals surface area contributed by atoms with Gasteiger partial charge in [0.05, 0.1) is 13.7 Å². The highest BCUT2D eigenvalue weighted by Crippen LogP contribution is 2.20. The molecule has 0 atom stereocenters. The summed E-state index contributed by atoms with van der Waals surface area (Å²) in [7, 11) is 3.15. The number of fused-ring (bicyclic) bond motifs is 1. The number of anilines is 1. The van der Waals surface area contributed by atoms with E-state index in [0.717, 1.165) is 27.6 Å². The molecule has 0 saturated carbocycles. The SMILES string of the molecule is COCCN(CC(=O)N(CCc1c[nH]c2ccccc12)Cc1ccc(C)cc1)C(=O)Nc1cccc(OC)c1. The number of H-pyrrole nitrogens is 1. The molecule has 4 rings (SSSR count). The maximum Gasteiger partial charge on any atom is 0.322 e. The van der Waals surface area contributed by atoms with Crippen molar-refractivity contribution in [2.75, 3.05) is 45.8 Å². The third-order valence-corrected chi connectivity index (χ3v) is 6.67. The Labute approximate surface area is 229 Å². The molecule has 0 radical (unpaired) electrons. The second-order valence-electron chi connectivity index (χ2n) is 9.49. The summed E-state index contributed by atoms with van der Waals surface area (Å²) in [5.74, 6) is 0.501. The Morgan fingerprint density at radius 2 is 1.72 bits per heavy atom. The van der Waals surface area contributed by atoms with Crippen LogP contribution in [0.1, 0.15) is 16.7 Å². The minimum atomic E-state index is -0.374. The second-order valence-corrected chi connectivity index (χ2v) is 9.49. The third kappa shape index (κ3) is 7.61. The summed E-state index contributed by atoms with van der Waals surface area (Å²) in [6.07, 6.45) is 2.70. The highest BCUT2D eigenvalue weighted by Gasteiger charge is 2.22. The van der Waals surface area contributed by atoms with Gasteiger partial charge in [0.25, 0.3) is 0 Å². The zero-order chi connectivity index (χ0) is 27.6. The molecule has 8 heteroatoms. The average Bonchev–Trinajstić information content (AvgIpc) is 3.37. The van der Waals surface area contributed by atoms with Gasteiger partial charge < -0.3 is 29.6 Å². The van der Waals surface area contributed by atoms with E-state index in [0.29, 0.717) is 37.6 Å². The molecule has 204 valence electrons. The molecule has 0 saturated heterocycles. The highest BCUT2D eigenvalue weighted by atomic mass is 16.5. The van der Waals surface area contributed by atoms with E-state index >= 15 is 0 Å². The number of methoxy groups -OCH3 is 2. The van der Waals surface area contributed by atoms with Crippen LogP contribution in [0.4, 0.5) is 10.5 Å². The van der Waals surface area contributed by atoms with Crippen molar-refractivity contribution >= 4 is 28.5 Å². The van der Waals surface area contributed by atoms with Crippen LogP contribution in [-0.4, -0.2) is 67.2 Å². The molecule has 3 aromatic carbocycles. The van der Waals surface area contributed by atoms with Crippen LogP contribution in [-0.2, 0) is 22.5 Å². The third-order valence-electron chi connectivity index (χ3n) is 6.67. The quantitative estimate of drug-likeness (QED) is 0.263. The molecule has 39 heavy (non-hydrogen) atoms. The number of nitrogens with one attached hydrogen (secondary N) is 2. The van der Waals surface area contributed by atoms with Gasteiger partial charge in [-0.3, -0.25) is 4.79 Å². The van der Waals surface area contributed by atoms with Gasteiger partial charge in [0.1, 0.15) is 12.3 Å². The number of aryl methyl sites for hydroxylation is 1. The summed E-state index contributed by atoms with van der Waals surface area (Å²) in [5, 5.41) is 4.03. The lowest BCUT2D eigenvalue weighted by molar-refractivity contribution is -0.132. The molecular formula is C31H36N4O4. The van der Waals surface area contributed by atoms with Gasteiger partial charge >= 0.3 is 6.03 Å². The maximum atomic E-state index is 13.7. The van der Waals surface area contributed by atoms with Crippen LogP contribution < -0.4 is 10.1 Å². The minimum Gasteiger partial charge on any atom is -0.497 e. The summed E-state index contributed by atoms with van der Waals surface area (Å²) in [6.45, 7) is 3.53. The number of hydrogen-bond acceptors (Lipinski definition) is 4. The molecule has 0 aliphatic heterocycles. The Hall–Kier alpha value is -4.30. The first-order valence-corrected chi connectivity index (χ1v) is 13.0. The van der Waals surface area contributed by atoms with Crippen LogP contribution in [0.25, 0.3) is 10.9 Å². The number of benzene rings is 3. The number of ether oxygens (including phenoxy) is 2. The molecule has 4 aromatic rings. The van der Waals surface area contributed by atoms with Crippen molar-refractivity contribution in [1.29, 1.82) is 0 Å². The number of carbonyl (C=O) groups excluding carboxylic acids is 2. The molecule has 1 heterocycles. The van der Waals surface area contributed by atoms with Gasteiger partial charge in [-0.25, -0.2) is 4.79 Å². The number of aromatic nitrogens is 1. The van der Waals surface area contributed by atoms with Crippen molar-refractivity contribution in [3.63, 3.8) is 0 Å². The van der Waals surface area contributed by atoms with Gasteiger partial charge in [0.15, 0.2) is 0 Å². The fraction of sp³-hybridized carbons (Fsp3) is 0.290. The Balaban J connectivity index is 1.50. The molecule has 0 fully saturated rings. The molecule has 0 spiro atoms. The summed E-state index contributed by atoms with van der Waals surface area (Å²) in [5.41, 5.74) is 5.01. The first kappa shape index (κ1) is 27.7. The number of rotatable bonds is 12. The van der Waals surface area contributed by atoms with E-state index in [9.17, 15) is 9.59 Å². The van der Waals surface area contributed by atoms with Gasteiger partial charge in [0.2, 0.25) is 5.91 Å². The fourth-order valence-corrected chi connectivity index (χ4v) is 4.42. The predicted molar refractivity (Wildman–Crippen MR) is 154 cm³/mol. The molecule has 0 unspecified atom stereocenters. The van der Waals surface area contributed by atoms with E-state index in [1.165, 1.54) is 4.90 Å². The van der Waals surface area contributed by atoms with Crippen molar-refractivity contribution in [2.24, 2.45) is 0 Å². The van der Waals surface area contributed by atoms with Crippen LogP contribution in [0.3, 0.4) is 0 Å². The smallest absolute Gasteiger partial charge is 0.322 e. The maximum absolute atomic E-state index is 13.7. The first-order valence-electron chi connectivity index (χ1n) is 13.0. The number of hydrogen-bond donors (Lipinski definition) is 2. The van der Waals surface area contributed by atoms with Crippen molar-refractivity contribution in [1.82, 2.24) is 14.8 Å². The lowest BCUT2D eigenvalue weighted by Gasteiger charge is -2.28. The largest absolute Gasteiger partial charge is 0.497 e. The number of para-hydroxylation sites is 1. The summed E-state index contributed by atoms with van der Waals surface area (Å²) in [4.78, 5) is 33.5. The van der Waals surface area contributed by atoms with Crippen LogP contribution in [0.5, 0.6) is 5.75 Å². The molecule has 0 aliphatic carbocycles. The summed E-state index contributed by atoms with van der Waals surface area (Å²) >= 11 is 0. The lowest BCUT2D eigenvalue weighted by atomic mass is 10.1. The van der Waals surface area contributed by atoms with Gasteiger partial charge in [-0.2, -0.15) is 0 Å². The molecule has 1 aromatic heterocycles. The van der Waals surface area contributed by atoms with E-state index in [2.05, 4.69) is 16.4 Å². The van der Waals surface area contributed by atoms with Crippen molar-refractivity contribution in [2.45, 2.75) is 19.9 Å². The average molecular weight is 529 g/mol. The number of carbonyl (C=O) groups is 2.